The van der Waals surface area contributed by atoms with Gasteiger partial charge in [-0.2, -0.15) is 0 Å². The van der Waals surface area contributed by atoms with Gasteiger partial charge in [0.2, 0.25) is 5.91 Å². The van der Waals surface area contributed by atoms with E-state index in [4.69, 9.17) is 0 Å². The zero-order chi connectivity index (χ0) is 9.97. The van der Waals surface area contributed by atoms with Gasteiger partial charge >= 0.3 is 0 Å². The molecule has 14 heavy (non-hydrogen) atoms. The molecule has 2 unspecified atom stereocenters. The summed E-state index contributed by atoms with van der Waals surface area (Å²) in [6.07, 6.45) is 4.32. The van der Waals surface area contributed by atoms with Gasteiger partial charge in [-0.25, -0.2) is 0 Å². The van der Waals surface area contributed by atoms with E-state index in [9.17, 15) is 4.79 Å². The van der Waals surface area contributed by atoms with E-state index >= 15 is 0 Å². The van der Waals surface area contributed by atoms with Crippen LogP contribution in [0, 0.1) is 5.92 Å². The van der Waals surface area contributed by atoms with Crippen molar-refractivity contribution in [2.45, 2.75) is 38.6 Å². The van der Waals surface area contributed by atoms with Gasteiger partial charge in [0, 0.05) is 19.0 Å². The van der Waals surface area contributed by atoms with Gasteiger partial charge in [0.15, 0.2) is 0 Å². The smallest absolute Gasteiger partial charge is 0.223 e. The average Bonchev–Trinajstić information content (AvgIpc) is 2.75. The van der Waals surface area contributed by atoms with Crippen LogP contribution in [-0.4, -0.2) is 36.5 Å². The molecule has 2 heterocycles. The molecule has 0 aromatic heterocycles. The van der Waals surface area contributed by atoms with Crippen molar-refractivity contribution >= 4 is 5.91 Å². The fraction of sp³-hybridized carbons (Fsp3) is 0.909. The Hall–Kier alpha value is -0.570. The van der Waals surface area contributed by atoms with Crippen molar-refractivity contribution in [3.8, 4) is 0 Å². The van der Waals surface area contributed by atoms with E-state index in [2.05, 4.69) is 17.1 Å². The standard InChI is InChI=1S/C11H20N2O/c1-9-3-2-6-13(9)11(14)7-10-4-5-12-8-10/h9-10,12H,2-8H2,1H3. The minimum Gasteiger partial charge on any atom is -0.340 e. The van der Waals surface area contributed by atoms with Crippen molar-refractivity contribution in [2.75, 3.05) is 19.6 Å². The van der Waals surface area contributed by atoms with Crippen LogP contribution in [-0.2, 0) is 4.79 Å². The van der Waals surface area contributed by atoms with Crippen molar-refractivity contribution in [3.05, 3.63) is 0 Å². The molecule has 0 aromatic rings. The van der Waals surface area contributed by atoms with Crippen LogP contribution in [0.2, 0.25) is 0 Å². The maximum absolute atomic E-state index is 11.9. The Kier molecular flexibility index (Phi) is 3.06. The molecule has 2 saturated heterocycles. The van der Waals surface area contributed by atoms with E-state index in [0.717, 1.165) is 26.1 Å². The van der Waals surface area contributed by atoms with Crippen molar-refractivity contribution in [2.24, 2.45) is 5.92 Å². The summed E-state index contributed by atoms with van der Waals surface area (Å²) in [5, 5.41) is 3.31. The van der Waals surface area contributed by atoms with Crippen LogP contribution in [0.5, 0.6) is 0 Å². The number of nitrogens with one attached hydrogen (secondary N) is 1. The van der Waals surface area contributed by atoms with E-state index in [1.807, 2.05) is 0 Å². The highest BCUT2D eigenvalue weighted by atomic mass is 16.2. The average molecular weight is 196 g/mol. The minimum atomic E-state index is 0.378. The van der Waals surface area contributed by atoms with Crippen LogP contribution in [0.4, 0.5) is 0 Å². The summed E-state index contributed by atoms with van der Waals surface area (Å²) in [6.45, 7) is 5.28. The Bertz CT molecular complexity index is 211. The Morgan fingerprint density at radius 3 is 2.93 bits per heavy atom. The molecule has 1 N–H and O–H groups in total. The number of carbonyl (C=O) groups excluding carboxylic acids is 1. The summed E-state index contributed by atoms with van der Waals surface area (Å²) in [5.74, 6) is 0.971. The Morgan fingerprint density at radius 2 is 2.36 bits per heavy atom. The van der Waals surface area contributed by atoms with E-state index in [0.29, 0.717) is 17.9 Å². The van der Waals surface area contributed by atoms with Gasteiger partial charge < -0.3 is 10.2 Å². The fourth-order valence-electron chi connectivity index (χ4n) is 2.56. The van der Waals surface area contributed by atoms with Crippen molar-refractivity contribution in [3.63, 3.8) is 0 Å². The van der Waals surface area contributed by atoms with Crippen LogP contribution < -0.4 is 5.32 Å². The predicted octanol–water partition coefficient (Wildman–Crippen LogP) is 0.997. The second kappa shape index (κ2) is 4.30. The molecule has 0 radical (unpaired) electrons. The topological polar surface area (TPSA) is 32.3 Å². The highest BCUT2D eigenvalue weighted by Gasteiger charge is 2.27. The number of rotatable bonds is 2. The lowest BCUT2D eigenvalue weighted by atomic mass is 10.0. The van der Waals surface area contributed by atoms with Crippen molar-refractivity contribution in [1.29, 1.82) is 0 Å². The highest BCUT2D eigenvalue weighted by Crippen LogP contribution is 2.20. The third-order valence-corrected chi connectivity index (χ3v) is 3.50. The molecular weight excluding hydrogens is 176 g/mol. The van der Waals surface area contributed by atoms with E-state index in [1.54, 1.807) is 0 Å². The van der Waals surface area contributed by atoms with Crippen LogP contribution >= 0.6 is 0 Å². The molecule has 1 amide bonds. The Balaban J connectivity index is 1.82. The lowest BCUT2D eigenvalue weighted by Gasteiger charge is -2.22. The maximum atomic E-state index is 11.9. The van der Waals surface area contributed by atoms with Gasteiger partial charge in [-0.3, -0.25) is 4.79 Å². The minimum absolute atomic E-state index is 0.378. The maximum Gasteiger partial charge on any atom is 0.223 e. The predicted molar refractivity (Wildman–Crippen MR) is 56.0 cm³/mol. The number of hydrogen-bond acceptors (Lipinski definition) is 2. The molecule has 2 atom stereocenters. The van der Waals surface area contributed by atoms with Gasteiger partial charge in [0.1, 0.15) is 0 Å². The largest absolute Gasteiger partial charge is 0.340 e. The third-order valence-electron chi connectivity index (χ3n) is 3.50. The van der Waals surface area contributed by atoms with Crippen LogP contribution in [0.1, 0.15) is 32.6 Å². The monoisotopic (exact) mass is 196 g/mol. The second-order valence-corrected chi connectivity index (χ2v) is 4.64. The molecular formula is C11H20N2O. The SMILES string of the molecule is CC1CCCN1C(=O)CC1CCNC1. The molecule has 0 bridgehead atoms. The Labute approximate surface area is 85.8 Å². The van der Waals surface area contributed by atoms with Crippen molar-refractivity contribution in [1.82, 2.24) is 10.2 Å². The molecule has 0 saturated carbocycles. The van der Waals surface area contributed by atoms with Gasteiger partial charge in [0.25, 0.3) is 0 Å². The van der Waals surface area contributed by atoms with E-state index in [1.165, 1.54) is 19.3 Å². The molecule has 3 nitrogen and oxygen atoms in total. The zero-order valence-corrected chi connectivity index (χ0v) is 8.96. The summed E-state index contributed by atoms with van der Waals surface area (Å²) < 4.78 is 0. The lowest BCUT2D eigenvalue weighted by Crippen LogP contribution is -2.35. The number of amides is 1. The van der Waals surface area contributed by atoms with Crippen LogP contribution in [0.3, 0.4) is 0 Å². The van der Waals surface area contributed by atoms with Crippen LogP contribution in [0.15, 0.2) is 0 Å². The summed E-state index contributed by atoms with van der Waals surface area (Å²) in [6, 6.07) is 0.483. The molecule has 0 spiro atoms. The molecule has 2 aliphatic heterocycles. The summed E-state index contributed by atoms with van der Waals surface area (Å²) in [4.78, 5) is 14.0. The van der Waals surface area contributed by atoms with Gasteiger partial charge in [-0.05, 0) is 45.2 Å². The normalized spacial score (nSPS) is 32.5. The first-order valence-electron chi connectivity index (χ1n) is 5.77. The molecule has 2 rings (SSSR count). The molecule has 2 aliphatic rings. The molecule has 80 valence electrons. The summed E-state index contributed by atoms with van der Waals surface area (Å²) >= 11 is 0. The van der Waals surface area contributed by atoms with Gasteiger partial charge in [-0.1, -0.05) is 0 Å². The molecule has 0 aromatic carbocycles. The van der Waals surface area contributed by atoms with Gasteiger partial charge in [-0.15, -0.1) is 0 Å². The quantitative estimate of drug-likeness (QED) is 0.714. The number of nitrogens with zero attached hydrogens (tertiary/aromatic N) is 1. The first-order chi connectivity index (χ1) is 6.77. The van der Waals surface area contributed by atoms with E-state index < -0.39 is 0 Å². The molecule has 2 fully saturated rings. The first kappa shape index (κ1) is 9.97. The van der Waals surface area contributed by atoms with E-state index in [-0.39, 0.29) is 0 Å². The molecule has 3 heteroatoms. The van der Waals surface area contributed by atoms with Gasteiger partial charge in [0.05, 0.1) is 0 Å². The highest BCUT2D eigenvalue weighted by molar-refractivity contribution is 5.77. The third kappa shape index (κ3) is 2.08. The number of likely N-dealkylation sites (tertiary alicyclic amines) is 1. The number of hydrogen-bond donors (Lipinski definition) is 1. The number of carbonyl (C=O) groups is 1. The summed E-state index contributed by atoms with van der Waals surface area (Å²) in [5.41, 5.74) is 0. The first-order valence-corrected chi connectivity index (χ1v) is 5.77. The Morgan fingerprint density at radius 1 is 1.50 bits per heavy atom. The lowest BCUT2D eigenvalue weighted by molar-refractivity contribution is -0.132. The van der Waals surface area contributed by atoms with Crippen molar-refractivity contribution < 1.29 is 4.79 Å². The zero-order valence-electron chi connectivity index (χ0n) is 8.96. The fourth-order valence-corrected chi connectivity index (χ4v) is 2.56. The molecule has 0 aliphatic carbocycles. The second-order valence-electron chi connectivity index (χ2n) is 4.64. The van der Waals surface area contributed by atoms with Crippen LogP contribution in [0.25, 0.3) is 0 Å². The summed E-state index contributed by atoms with van der Waals surface area (Å²) in [7, 11) is 0.